The Balaban J connectivity index is 1.29. The monoisotopic (exact) mass is 673 g/mol. The Morgan fingerprint density at radius 1 is 1.17 bits per heavy atom. The van der Waals surface area contributed by atoms with Gasteiger partial charge in [-0.15, -0.1) is 0 Å². The van der Waals surface area contributed by atoms with Gasteiger partial charge in [-0.3, -0.25) is 4.68 Å². The van der Waals surface area contributed by atoms with Crippen molar-refractivity contribution in [2.75, 3.05) is 44.2 Å². The Morgan fingerprint density at radius 3 is 2.57 bits per heavy atom. The number of nitrogens with zero attached hydrogens (tertiary/aromatic N) is 6. The van der Waals surface area contributed by atoms with Crippen molar-refractivity contribution in [3.05, 3.63) is 28.5 Å². The van der Waals surface area contributed by atoms with Gasteiger partial charge < -0.3 is 24.6 Å². The number of alkyl halides is 2. The molecular weight excluding hydrogens is 628 g/mol. The van der Waals surface area contributed by atoms with Gasteiger partial charge in [0.1, 0.15) is 11.1 Å². The number of anilines is 1. The number of carbonyl (C=O) groups excluding carboxylic acids is 1. The number of rotatable bonds is 5. The summed E-state index contributed by atoms with van der Waals surface area (Å²) < 4.78 is 45.4. The molecule has 3 aliphatic heterocycles. The average molecular weight is 674 g/mol. The lowest BCUT2D eigenvalue weighted by Crippen LogP contribution is -2.64. The average Bonchev–Trinajstić information content (AvgIpc) is 3.53. The number of ether oxygens (including phenoxy) is 2. The van der Waals surface area contributed by atoms with E-state index in [9.17, 15) is 13.6 Å². The summed E-state index contributed by atoms with van der Waals surface area (Å²) in [6.07, 6.45) is 3.43. The molecule has 1 aliphatic carbocycles. The van der Waals surface area contributed by atoms with E-state index in [2.05, 4.69) is 5.32 Å². The molecule has 0 radical (unpaired) electrons. The Morgan fingerprint density at radius 2 is 1.91 bits per heavy atom. The van der Waals surface area contributed by atoms with E-state index >= 15 is 0 Å². The van der Waals surface area contributed by atoms with Crippen LogP contribution < -0.4 is 10.2 Å². The van der Waals surface area contributed by atoms with Crippen LogP contribution in [0.2, 0.25) is 5.02 Å². The fourth-order valence-corrected chi connectivity index (χ4v) is 8.29. The first-order valence-corrected chi connectivity index (χ1v) is 17.2. The van der Waals surface area contributed by atoms with Crippen molar-refractivity contribution in [2.24, 2.45) is 5.41 Å². The highest BCUT2D eigenvalue weighted by Gasteiger charge is 2.56. The maximum Gasteiger partial charge on any atom is 0.410 e. The number of aromatic nitrogens is 4. The van der Waals surface area contributed by atoms with Gasteiger partial charge in [0.15, 0.2) is 12.0 Å². The quantitative estimate of drug-likeness (QED) is 0.316. The number of nitrogens with one attached hydrogen (secondary N) is 1. The highest BCUT2D eigenvalue weighted by molar-refractivity contribution is 6.36. The summed E-state index contributed by atoms with van der Waals surface area (Å²) in [7, 11) is 0. The highest BCUT2D eigenvalue weighted by Crippen LogP contribution is 2.56. The van der Waals surface area contributed by atoms with E-state index in [0.717, 1.165) is 65.4 Å². The van der Waals surface area contributed by atoms with Crippen LogP contribution in [0.5, 0.6) is 0 Å². The van der Waals surface area contributed by atoms with Crippen molar-refractivity contribution in [2.45, 2.75) is 103 Å². The molecule has 4 fully saturated rings. The molecule has 13 heteroatoms. The minimum absolute atomic E-state index is 0.0161. The summed E-state index contributed by atoms with van der Waals surface area (Å²) >= 11 is 7.19. The first-order valence-electron chi connectivity index (χ1n) is 16.8. The molecule has 10 nitrogen and oxygen atoms in total. The van der Waals surface area contributed by atoms with Crippen LogP contribution in [0.4, 0.5) is 19.4 Å². The molecule has 1 spiro atoms. The number of hydrogen-bond donors (Lipinski definition) is 1. The standard InChI is InChI=1S/C34H46ClF2N7O3/c1-20-13-24-23(16-39-44(24)25-9-7-8-12-46-25)27(28(20)35)26-21(2)43(40-29(26)42-11-10-38-17-33(42,6)30(36)37)22-14-34(15-22)18-41(19-34)31(45)47-32(3,4)5/h13,16,22,25,30,38H,7-12,14-15,17-19H2,1-6H3/t25?,33-/m1/s1. The molecule has 1 aromatic carbocycles. The number of piperazine rings is 1. The third kappa shape index (κ3) is 5.48. The summed E-state index contributed by atoms with van der Waals surface area (Å²) in [4.78, 5) is 16.2. The number of hydrogen-bond acceptors (Lipinski definition) is 7. The Labute approximate surface area is 279 Å². The van der Waals surface area contributed by atoms with Crippen molar-refractivity contribution < 1.29 is 23.0 Å². The fourth-order valence-electron chi connectivity index (χ4n) is 8.04. The van der Waals surface area contributed by atoms with Gasteiger partial charge in [0.2, 0.25) is 0 Å². The number of aryl methyl sites for hydroxylation is 1. The Hall–Kier alpha value is -2.96. The maximum absolute atomic E-state index is 14.9. The van der Waals surface area contributed by atoms with Crippen LogP contribution in [-0.2, 0) is 9.47 Å². The Kier molecular flexibility index (Phi) is 8.03. The Bertz CT molecular complexity index is 1680. The zero-order chi connectivity index (χ0) is 33.5. The molecule has 1 N–H and O–H groups in total. The molecule has 2 aromatic heterocycles. The zero-order valence-corrected chi connectivity index (χ0v) is 29.0. The van der Waals surface area contributed by atoms with Gasteiger partial charge in [-0.1, -0.05) is 11.6 Å². The van der Waals surface area contributed by atoms with Crippen LogP contribution in [0.15, 0.2) is 12.3 Å². The summed E-state index contributed by atoms with van der Waals surface area (Å²) in [6.45, 7) is 14.3. The predicted octanol–water partition coefficient (Wildman–Crippen LogP) is 6.87. The van der Waals surface area contributed by atoms with Crippen LogP contribution in [0.3, 0.4) is 0 Å². The number of benzene rings is 1. The van der Waals surface area contributed by atoms with Crippen molar-refractivity contribution in [3.8, 4) is 11.1 Å². The maximum atomic E-state index is 14.9. The summed E-state index contributed by atoms with van der Waals surface area (Å²) in [5.74, 6) is 0.521. The normalized spacial score (nSPS) is 25.0. The summed E-state index contributed by atoms with van der Waals surface area (Å²) in [5, 5.41) is 14.6. The molecule has 47 heavy (non-hydrogen) atoms. The van der Waals surface area contributed by atoms with Crippen LogP contribution in [-0.4, -0.2) is 87.5 Å². The molecule has 7 rings (SSSR count). The second-order valence-electron chi connectivity index (χ2n) is 15.3. The largest absolute Gasteiger partial charge is 0.444 e. The zero-order valence-electron chi connectivity index (χ0n) is 28.2. The van der Waals surface area contributed by atoms with Crippen LogP contribution in [0, 0.1) is 19.3 Å². The number of amides is 1. The lowest BCUT2D eigenvalue weighted by molar-refractivity contribution is -0.0930. The predicted molar refractivity (Wildman–Crippen MR) is 177 cm³/mol. The number of likely N-dealkylation sites (tertiary alicyclic amines) is 1. The minimum Gasteiger partial charge on any atom is -0.444 e. The van der Waals surface area contributed by atoms with Crippen molar-refractivity contribution >= 4 is 34.4 Å². The molecule has 1 amide bonds. The molecule has 256 valence electrons. The lowest BCUT2D eigenvalue weighted by atomic mass is 9.61. The smallest absolute Gasteiger partial charge is 0.410 e. The SMILES string of the molecule is Cc1cc2c(cnn2C2CCCCO2)c(-c2c(N3CCNC[C@]3(C)C(F)F)nn(C3CC4(C3)CN(C(=O)OC(C)(C)C)C4)c2C)c1Cl. The first-order chi connectivity index (χ1) is 22.2. The molecule has 2 atom stereocenters. The van der Waals surface area contributed by atoms with Crippen LogP contribution in [0.1, 0.15) is 83.3 Å². The van der Waals surface area contributed by atoms with E-state index in [1.807, 2.05) is 56.2 Å². The van der Waals surface area contributed by atoms with Gasteiger partial charge in [-0.05, 0) is 85.3 Å². The number of fused-ring (bicyclic) bond motifs is 1. The van der Waals surface area contributed by atoms with Crippen LogP contribution in [0.25, 0.3) is 22.0 Å². The molecule has 3 aromatic rings. The van der Waals surface area contributed by atoms with E-state index in [1.54, 1.807) is 16.7 Å². The van der Waals surface area contributed by atoms with Gasteiger partial charge >= 0.3 is 6.09 Å². The van der Waals surface area contributed by atoms with Gasteiger partial charge in [0.05, 0.1) is 22.8 Å². The van der Waals surface area contributed by atoms with Crippen molar-refractivity contribution in [1.29, 1.82) is 0 Å². The van der Waals surface area contributed by atoms with Crippen LogP contribution >= 0.6 is 11.6 Å². The second-order valence-corrected chi connectivity index (χ2v) is 15.7. The fraction of sp³-hybridized carbons (Fsp3) is 0.676. The molecule has 5 heterocycles. The van der Waals surface area contributed by atoms with Crippen molar-refractivity contribution in [3.63, 3.8) is 0 Å². The van der Waals surface area contributed by atoms with E-state index in [1.165, 1.54) is 0 Å². The molecule has 0 bridgehead atoms. The first kappa shape index (κ1) is 32.6. The minimum atomic E-state index is -2.60. The van der Waals surface area contributed by atoms with Gasteiger partial charge in [0.25, 0.3) is 6.43 Å². The second kappa shape index (κ2) is 11.6. The van der Waals surface area contributed by atoms with E-state index in [0.29, 0.717) is 43.6 Å². The van der Waals surface area contributed by atoms with E-state index in [-0.39, 0.29) is 30.3 Å². The molecule has 1 unspecified atom stereocenters. The van der Waals surface area contributed by atoms with E-state index < -0.39 is 17.6 Å². The molecule has 1 saturated carbocycles. The third-order valence-corrected chi connectivity index (χ3v) is 11.0. The lowest BCUT2D eigenvalue weighted by Gasteiger charge is -2.58. The molecular formula is C34H46ClF2N7O3. The van der Waals surface area contributed by atoms with Gasteiger partial charge in [-0.25, -0.2) is 18.3 Å². The molecule has 3 saturated heterocycles. The van der Waals surface area contributed by atoms with E-state index in [4.69, 9.17) is 31.3 Å². The topological polar surface area (TPSA) is 89.7 Å². The highest BCUT2D eigenvalue weighted by atomic mass is 35.5. The molecule has 4 aliphatic rings. The summed E-state index contributed by atoms with van der Waals surface area (Å²) in [6, 6.07) is 2.11. The third-order valence-electron chi connectivity index (χ3n) is 10.6. The van der Waals surface area contributed by atoms with Crippen molar-refractivity contribution in [1.82, 2.24) is 29.8 Å². The number of carbonyl (C=O) groups is 1. The van der Waals surface area contributed by atoms with Gasteiger partial charge in [-0.2, -0.15) is 10.2 Å². The summed E-state index contributed by atoms with van der Waals surface area (Å²) in [5.41, 5.74) is 2.22. The number of halogens is 3. The van der Waals surface area contributed by atoms with Gasteiger partial charge in [0, 0.05) is 67.0 Å².